The molecule has 0 radical (unpaired) electrons. The van der Waals surface area contributed by atoms with Gasteiger partial charge in [-0.25, -0.2) is 0 Å². The van der Waals surface area contributed by atoms with Gasteiger partial charge in [0.15, 0.2) is 5.82 Å². The Hall–Kier alpha value is -1.92. The molecule has 0 aliphatic carbocycles. The van der Waals surface area contributed by atoms with Crippen molar-refractivity contribution in [3.63, 3.8) is 0 Å². The zero-order valence-corrected chi connectivity index (χ0v) is 13.7. The van der Waals surface area contributed by atoms with Gasteiger partial charge in [0, 0.05) is 11.9 Å². The van der Waals surface area contributed by atoms with Crippen molar-refractivity contribution >= 4 is 17.5 Å². The van der Waals surface area contributed by atoms with Crippen LogP contribution in [-0.2, 0) is 9.53 Å². The molecular weight excluding hydrogens is 318 g/mol. The van der Waals surface area contributed by atoms with E-state index in [1.54, 1.807) is 19.1 Å². The Morgan fingerprint density at radius 1 is 1.35 bits per heavy atom. The van der Waals surface area contributed by atoms with E-state index in [1.165, 1.54) is 0 Å². The molecule has 0 saturated carbocycles. The molecule has 3 atom stereocenters. The standard InChI is InChI=1S/C16H18ClN3O3/c1-9-3-8-13(22-9)16(21)19-14(15-18-10(2)23-20-15)11-4-6-12(17)7-5-11/h4-7,9,13-14H,3,8H2,1-2H3,(H,19,21)/t9-,13+,14+/m0/s1. The van der Waals surface area contributed by atoms with Crippen molar-refractivity contribution in [1.82, 2.24) is 15.5 Å². The molecule has 3 rings (SSSR count). The molecule has 1 N–H and O–H groups in total. The number of halogens is 1. The summed E-state index contributed by atoms with van der Waals surface area (Å²) >= 11 is 5.93. The van der Waals surface area contributed by atoms with Gasteiger partial charge in [0.05, 0.1) is 6.10 Å². The lowest BCUT2D eigenvalue weighted by Gasteiger charge is -2.19. The Bertz CT molecular complexity index is 686. The Kier molecular flexibility index (Phi) is 4.63. The predicted molar refractivity (Wildman–Crippen MR) is 84.0 cm³/mol. The Morgan fingerprint density at radius 3 is 2.65 bits per heavy atom. The highest BCUT2D eigenvalue weighted by atomic mass is 35.5. The first kappa shape index (κ1) is 16.0. The SMILES string of the molecule is Cc1nc([C@H](NC(=O)[C@H]2CC[C@H](C)O2)c2ccc(Cl)cc2)no1. The van der Waals surface area contributed by atoms with E-state index in [9.17, 15) is 4.79 Å². The molecule has 1 aromatic heterocycles. The highest BCUT2D eigenvalue weighted by Crippen LogP contribution is 2.24. The van der Waals surface area contributed by atoms with E-state index in [0.717, 1.165) is 12.0 Å². The van der Waals surface area contributed by atoms with Gasteiger partial charge in [-0.15, -0.1) is 0 Å². The largest absolute Gasteiger partial charge is 0.365 e. The van der Waals surface area contributed by atoms with Crippen LogP contribution >= 0.6 is 11.6 Å². The number of carbonyl (C=O) groups excluding carboxylic acids is 1. The summed E-state index contributed by atoms with van der Waals surface area (Å²) in [6.45, 7) is 3.67. The lowest BCUT2D eigenvalue weighted by molar-refractivity contribution is -0.132. The van der Waals surface area contributed by atoms with E-state index in [0.29, 0.717) is 23.2 Å². The molecule has 122 valence electrons. The van der Waals surface area contributed by atoms with Crippen molar-refractivity contribution in [2.24, 2.45) is 0 Å². The van der Waals surface area contributed by atoms with Crippen molar-refractivity contribution < 1.29 is 14.1 Å². The zero-order valence-electron chi connectivity index (χ0n) is 13.0. The topological polar surface area (TPSA) is 77.2 Å². The molecular formula is C16H18ClN3O3. The summed E-state index contributed by atoms with van der Waals surface area (Å²) < 4.78 is 10.7. The number of ether oxygens (including phenoxy) is 1. The van der Waals surface area contributed by atoms with Gasteiger partial charge in [-0.05, 0) is 37.5 Å². The predicted octanol–water partition coefficient (Wildman–Crippen LogP) is 2.80. The summed E-state index contributed by atoms with van der Waals surface area (Å²) in [5.74, 6) is 0.680. The highest BCUT2D eigenvalue weighted by Gasteiger charge is 2.31. The third-order valence-corrected chi connectivity index (χ3v) is 4.07. The minimum Gasteiger partial charge on any atom is -0.365 e. The molecule has 6 nitrogen and oxygen atoms in total. The van der Waals surface area contributed by atoms with Crippen LogP contribution in [0.2, 0.25) is 5.02 Å². The maximum Gasteiger partial charge on any atom is 0.250 e. The Balaban J connectivity index is 1.83. The Morgan fingerprint density at radius 2 is 2.09 bits per heavy atom. The maximum atomic E-state index is 12.5. The number of aryl methyl sites for hydroxylation is 1. The van der Waals surface area contributed by atoms with Crippen LogP contribution in [0.15, 0.2) is 28.8 Å². The summed E-state index contributed by atoms with van der Waals surface area (Å²) in [4.78, 5) is 16.7. The van der Waals surface area contributed by atoms with Gasteiger partial charge < -0.3 is 14.6 Å². The van der Waals surface area contributed by atoms with Crippen molar-refractivity contribution in [1.29, 1.82) is 0 Å². The summed E-state index contributed by atoms with van der Waals surface area (Å²) in [5, 5.41) is 7.51. The third-order valence-electron chi connectivity index (χ3n) is 3.82. The maximum absolute atomic E-state index is 12.5. The monoisotopic (exact) mass is 335 g/mol. The molecule has 1 saturated heterocycles. The van der Waals surface area contributed by atoms with Crippen LogP contribution in [0.4, 0.5) is 0 Å². The number of aromatic nitrogens is 2. The first-order valence-corrected chi connectivity index (χ1v) is 7.92. The van der Waals surface area contributed by atoms with Gasteiger partial charge >= 0.3 is 0 Å². The van der Waals surface area contributed by atoms with E-state index >= 15 is 0 Å². The van der Waals surface area contributed by atoms with Crippen LogP contribution in [0.5, 0.6) is 0 Å². The van der Waals surface area contributed by atoms with Gasteiger partial charge in [-0.1, -0.05) is 28.9 Å². The van der Waals surface area contributed by atoms with Crippen molar-refractivity contribution in [2.45, 2.75) is 44.9 Å². The van der Waals surface area contributed by atoms with Gasteiger partial charge in [-0.2, -0.15) is 4.98 Å². The number of hydrogen-bond donors (Lipinski definition) is 1. The molecule has 0 spiro atoms. The van der Waals surface area contributed by atoms with E-state index in [2.05, 4.69) is 15.5 Å². The molecule has 0 unspecified atom stereocenters. The average Bonchev–Trinajstić information content (AvgIpc) is 3.14. The van der Waals surface area contributed by atoms with Crippen LogP contribution in [0, 0.1) is 6.92 Å². The number of rotatable bonds is 4. The second kappa shape index (κ2) is 6.68. The van der Waals surface area contributed by atoms with Crippen LogP contribution < -0.4 is 5.32 Å². The van der Waals surface area contributed by atoms with Crippen LogP contribution in [-0.4, -0.2) is 28.3 Å². The molecule has 2 aromatic rings. The molecule has 1 aliphatic heterocycles. The molecule has 7 heteroatoms. The van der Waals surface area contributed by atoms with Crippen molar-refractivity contribution in [2.75, 3.05) is 0 Å². The fourth-order valence-electron chi connectivity index (χ4n) is 2.62. The second-order valence-corrected chi connectivity index (χ2v) is 6.11. The third kappa shape index (κ3) is 3.71. The van der Waals surface area contributed by atoms with Gasteiger partial charge in [0.1, 0.15) is 12.1 Å². The molecule has 1 aromatic carbocycles. The van der Waals surface area contributed by atoms with Crippen LogP contribution in [0.1, 0.15) is 43.1 Å². The molecule has 1 amide bonds. The van der Waals surface area contributed by atoms with Crippen molar-refractivity contribution in [3.05, 3.63) is 46.6 Å². The lowest BCUT2D eigenvalue weighted by Crippen LogP contribution is -2.38. The van der Waals surface area contributed by atoms with Crippen LogP contribution in [0.3, 0.4) is 0 Å². The average molecular weight is 336 g/mol. The Labute approximate surface area is 139 Å². The van der Waals surface area contributed by atoms with Crippen molar-refractivity contribution in [3.8, 4) is 0 Å². The number of nitrogens with zero attached hydrogens (tertiary/aromatic N) is 2. The summed E-state index contributed by atoms with van der Waals surface area (Å²) in [5.41, 5.74) is 0.828. The smallest absolute Gasteiger partial charge is 0.250 e. The zero-order chi connectivity index (χ0) is 16.4. The van der Waals surface area contributed by atoms with E-state index in [-0.39, 0.29) is 12.0 Å². The minimum atomic E-state index is -0.503. The summed E-state index contributed by atoms with van der Waals surface area (Å²) in [6, 6.07) is 6.68. The van der Waals surface area contributed by atoms with Gasteiger partial charge in [0.25, 0.3) is 0 Å². The summed E-state index contributed by atoms with van der Waals surface area (Å²) in [6.07, 6.45) is 1.26. The fourth-order valence-corrected chi connectivity index (χ4v) is 2.74. The molecule has 1 fully saturated rings. The quantitative estimate of drug-likeness (QED) is 0.929. The normalized spacial score (nSPS) is 22.0. The van der Waals surface area contributed by atoms with Gasteiger partial charge in [-0.3, -0.25) is 4.79 Å². The molecule has 0 bridgehead atoms. The first-order chi connectivity index (χ1) is 11.0. The molecule has 23 heavy (non-hydrogen) atoms. The van der Waals surface area contributed by atoms with E-state index in [1.807, 2.05) is 19.1 Å². The van der Waals surface area contributed by atoms with Gasteiger partial charge in [0.2, 0.25) is 11.8 Å². The highest BCUT2D eigenvalue weighted by molar-refractivity contribution is 6.30. The number of carbonyl (C=O) groups is 1. The fraction of sp³-hybridized carbons (Fsp3) is 0.438. The lowest BCUT2D eigenvalue weighted by atomic mass is 10.1. The number of hydrogen-bond acceptors (Lipinski definition) is 5. The number of benzene rings is 1. The van der Waals surface area contributed by atoms with E-state index in [4.69, 9.17) is 20.9 Å². The summed E-state index contributed by atoms with van der Waals surface area (Å²) in [7, 11) is 0. The van der Waals surface area contributed by atoms with Crippen LogP contribution in [0.25, 0.3) is 0 Å². The first-order valence-electron chi connectivity index (χ1n) is 7.54. The number of amides is 1. The minimum absolute atomic E-state index is 0.104. The molecule has 1 aliphatic rings. The second-order valence-electron chi connectivity index (χ2n) is 5.68. The number of nitrogens with one attached hydrogen (secondary N) is 1. The molecule has 2 heterocycles. The van der Waals surface area contributed by atoms with E-state index < -0.39 is 12.1 Å².